The Hall–Kier alpha value is -8.14. The number of nitrogens with zero attached hydrogens (tertiary/aromatic N) is 2. The van der Waals surface area contributed by atoms with E-state index >= 15 is 0 Å². The number of fused-ring (bicyclic) bond motifs is 15. The van der Waals surface area contributed by atoms with Gasteiger partial charge >= 0.3 is 0 Å². The minimum atomic E-state index is -0.548. The fourth-order valence-corrected chi connectivity index (χ4v) is 10.5. The van der Waals surface area contributed by atoms with E-state index in [1.165, 1.54) is 55.6 Å². The number of aromatic nitrogens is 2. The Balaban J connectivity index is 1.06. The molecular formula is C59H36N2O. The molecule has 0 radical (unpaired) electrons. The van der Waals surface area contributed by atoms with Crippen molar-refractivity contribution in [2.24, 2.45) is 0 Å². The summed E-state index contributed by atoms with van der Waals surface area (Å²) in [5.41, 5.74) is 20.6. The Labute approximate surface area is 359 Å². The fraction of sp³-hybridized carbons (Fsp3) is 0.0169. The molecular weight excluding hydrogens is 753 g/mol. The topological polar surface area (TPSA) is 38.9 Å². The molecule has 2 aliphatic carbocycles. The second-order valence-electron chi connectivity index (χ2n) is 16.4. The average Bonchev–Trinajstić information content (AvgIpc) is 3.84. The molecule has 288 valence electrons. The van der Waals surface area contributed by atoms with Crippen LogP contribution in [0, 0.1) is 0 Å². The highest BCUT2D eigenvalue weighted by atomic mass is 16.3. The predicted octanol–water partition coefficient (Wildman–Crippen LogP) is 15.1. The van der Waals surface area contributed by atoms with Crippen molar-refractivity contribution < 1.29 is 4.42 Å². The van der Waals surface area contributed by atoms with Crippen molar-refractivity contribution in [1.29, 1.82) is 0 Å². The van der Waals surface area contributed by atoms with Gasteiger partial charge in [0.1, 0.15) is 11.2 Å². The fourth-order valence-electron chi connectivity index (χ4n) is 10.5. The van der Waals surface area contributed by atoms with Gasteiger partial charge < -0.3 is 4.42 Å². The van der Waals surface area contributed by atoms with Crippen LogP contribution < -0.4 is 0 Å². The maximum atomic E-state index is 6.58. The van der Waals surface area contributed by atoms with Crippen molar-refractivity contribution in [3.05, 3.63) is 241 Å². The molecule has 62 heavy (non-hydrogen) atoms. The number of benzene rings is 9. The molecule has 0 saturated heterocycles. The van der Waals surface area contributed by atoms with Gasteiger partial charge in [0.15, 0.2) is 5.82 Å². The first kappa shape index (κ1) is 34.7. The van der Waals surface area contributed by atoms with Crippen molar-refractivity contribution in [3.63, 3.8) is 0 Å². The lowest BCUT2D eigenvalue weighted by molar-refractivity contribution is 0.669. The lowest BCUT2D eigenvalue weighted by atomic mass is 9.66. The summed E-state index contributed by atoms with van der Waals surface area (Å²) in [6.45, 7) is 0. The van der Waals surface area contributed by atoms with Crippen LogP contribution in [0.4, 0.5) is 0 Å². The smallest absolute Gasteiger partial charge is 0.164 e. The van der Waals surface area contributed by atoms with Gasteiger partial charge in [0.25, 0.3) is 0 Å². The second-order valence-corrected chi connectivity index (χ2v) is 16.4. The van der Waals surface area contributed by atoms with Crippen LogP contribution in [0.5, 0.6) is 0 Å². The van der Waals surface area contributed by atoms with Crippen molar-refractivity contribution >= 4 is 21.9 Å². The molecule has 0 unspecified atom stereocenters. The minimum Gasteiger partial charge on any atom is -0.455 e. The standard InChI is InChI=1S/C59H36N2O/c1-2-16-37(17-3-1)38-18-14-19-39(34-38)54-36-55(61-58(60-54)48-27-15-26-47-46-25-9-13-31-56(46)62-57(47)48)40-32-33-53-49(35-40)45-24-8-12-30-52(45)59(53)50-28-10-6-22-43(50)41-20-4-5-21-42(41)44-23-7-11-29-51(44)59/h1-36H. The molecule has 2 aromatic heterocycles. The van der Waals surface area contributed by atoms with Gasteiger partial charge in [-0.1, -0.05) is 188 Å². The van der Waals surface area contributed by atoms with Gasteiger partial charge in [-0.05, 0) is 97.1 Å². The third-order valence-electron chi connectivity index (χ3n) is 13.1. The highest BCUT2D eigenvalue weighted by molar-refractivity contribution is 6.09. The summed E-state index contributed by atoms with van der Waals surface area (Å²) < 4.78 is 6.58. The Morgan fingerprint density at radius 1 is 0.306 bits per heavy atom. The Morgan fingerprint density at radius 2 is 0.790 bits per heavy atom. The number of para-hydroxylation sites is 2. The van der Waals surface area contributed by atoms with E-state index in [4.69, 9.17) is 14.4 Å². The van der Waals surface area contributed by atoms with Gasteiger partial charge in [-0.15, -0.1) is 0 Å². The molecule has 0 amide bonds. The van der Waals surface area contributed by atoms with Gasteiger partial charge in [0, 0.05) is 21.9 Å². The molecule has 9 aromatic carbocycles. The number of hydrogen-bond donors (Lipinski definition) is 0. The van der Waals surface area contributed by atoms with Crippen LogP contribution in [-0.2, 0) is 5.41 Å². The van der Waals surface area contributed by atoms with Gasteiger partial charge in [0.2, 0.25) is 0 Å². The van der Waals surface area contributed by atoms with Crippen LogP contribution >= 0.6 is 0 Å². The monoisotopic (exact) mass is 788 g/mol. The molecule has 0 fully saturated rings. The average molecular weight is 789 g/mol. The van der Waals surface area contributed by atoms with Crippen LogP contribution in [0.25, 0.3) is 100 Å². The molecule has 0 saturated carbocycles. The summed E-state index contributed by atoms with van der Waals surface area (Å²) in [6, 6.07) is 78.7. The maximum absolute atomic E-state index is 6.58. The van der Waals surface area contributed by atoms with Gasteiger partial charge in [-0.2, -0.15) is 0 Å². The summed E-state index contributed by atoms with van der Waals surface area (Å²) in [5.74, 6) is 0.619. The van der Waals surface area contributed by atoms with Crippen molar-refractivity contribution in [1.82, 2.24) is 9.97 Å². The van der Waals surface area contributed by atoms with Crippen molar-refractivity contribution in [2.75, 3.05) is 0 Å². The predicted molar refractivity (Wildman–Crippen MR) is 253 cm³/mol. The Bertz CT molecular complexity index is 3530. The molecule has 0 aliphatic heterocycles. The lowest BCUT2D eigenvalue weighted by Crippen LogP contribution is -2.29. The van der Waals surface area contributed by atoms with Crippen LogP contribution in [0.15, 0.2) is 223 Å². The first-order valence-corrected chi connectivity index (χ1v) is 21.2. The maximum Gasteiger partial charge on any atom is 0.164 e. The lowest BCUT2D eigenvalue weighted by Gasteiger charge is -2.35. The number of hydrogen-bond acceptors (Lipinski definition) is 3. The second kappa shape index (κ2) is 13.4. The van der Waals surface area contributed by atoms with E-state index in [0.29, 0.717) is 5.82 Å². The molecule has 11 aromatic rings. The van der Waals surface area contributed by atoms with Gasteiger partial charge in [-0.3, -0.25) is 0 Å². The van der Waals surface area contributed by atoms with E-state index in [1.807, 2.05) is 12.1 Å². The zero-order valence-electron chi connectivity index (χ0n) is 33.6. The minimum absolute atomic E-state index is 0.548. The Kier molecular flexibility index (Phi) is 7.52. The van der Waals surface area contributed by atoms with Crippen LogP contribution in [0.2, 0.25) is 0 Å². The SMILES string of the molecule is c1ccc(-c2cccc(-c3cc(-c4ccc5c(c4)-c4ccccc4C54c5ccccc5-c5ccccc5-c5ccccc54)nc(-c4cccc5c4oc4ccccc45)n3)c2)cc1. The van der Waals surface area contributed by atoms with Gasteiger partial charge in [0.05, 0.1) is 22.4 Å². The first-order chi connectivity index (χ1) is 30.7. The summed E-state index contributed by atoms with van der Waals surface area (Å²) in [6.07, 6.45) is 0. The zero-order valence-corrected chi connectivity index (χ0v) is 33.6. The summed E-state index contributed by atoms with van der Waals surface area (Å²) in [7, 11) is 0. The van der Waals surface area contributed by atoms with E-state index in [2.05, 4.69) is 206 Å². The molecule has 1 spiro atoms. The van der Waals surface area contributed by atoms with Crippen LogP contribution in [-0.4, -0.2) is 9.97 Å². The number of furan rings is 1. The largest absolute Gasteiger partial charge is 0.455 e. The van der Waals surface area contributed by atoms with Crippen molar-refractivity contribution in [2.45, 2.75) is 5.41 Å². The van der Waals surface area contributed by atoms with Crippen LogP contribution in [0.3, 0.4) is 0 Å². The van der Waals surface area contributed by atoms with E-state index in [0.717, 1.165) is 61.1 Å². The van der Waals surface area contributed by atoms with Crippen molar-refractivity contribution in [3.8, 4) is 78.4 Å². The zero-order chi connectivity index (χ0) is 40.8. The molecule has 3 heteroatoms. The molecule has 13 rings (SSSR count). The first-order valence-electron chi connectivity index (χ1n) is 21.2. The third-order valence-corrected chi connectivity index (χ3v) is 13.1. The van der Waals surface area contributed by atoms with E-state index in [-0.39, 0.29) is 0 Å². The third kappa shape index (κ3) is 5.00. The quantitative estimate of drug-likeness (QED) is 0.178. The van der Waals surface area contributed by atoms with E-state index in [9.17, 15) is 0 Å². The molecule has 0 atom stereocenters. The normalized spacial score (nSPS) is 13.0. The van der Waals surface area contributed by atoms with Gasteiger partial charge in [-0.25, -0.2) is 9.97 Å². The van der Waals surface area contributed by atoms with Crippen LogP contribution in [0.1, 0.15) is 22.3 Å². The van der Waals surface area contributed by atoms with E-state index < -0.39 is 5.41 Å². The molecule has 2 aliphatic rings. The summed E-state index contributed by atoms with van der Waals surface area (Å²) in [4.78, 5) is 10.8. The highest BCUT2D eigenvalue weighted by Gasteiger charge is 2.49. The molecule has 2 heterocycles. The number of rotatable bonds is 4. The van der Waals surface area contributed by atoms with E-state index in [1.54, 1.807) is 0 Å². The summed E-state index contributed by atoms with van der Waals surface area (Å²) in [5, 5.41) is 2.12. The highest BCUT2D eigenvalue weighted by Crippen LogP contribution is 2.61. The molecule has 3 nitrogen and oxygen atoms in total. The summed E-state index contributed by atoms with van der Waals surface area (Å²) >= 11 is 0. The molecule has 0 N–H and O–H groups in total. The Morgan fingerprint density at radius 3 is 1.48 bits per heavy atom. The molecule has 0 bridgehead atoms.